The van der Waals surface area contributed by atoms with Crippen molar-refractivity contribution in [2.24, 2.45) is 5.73 Å². The molecule has 0 fully saturated rings. The third-order valence-electron chi connectivity index (χ3n) is 1.18. The maximum absolute atomic E-state index is 8.92. The van der Waals surface area contributed by atoms with E-state index in [2.05, 4.69) is 5.32 Å². The molecular weight excluding hydrogens is 116 g/mol. The van der Waals surface area contributed by atoms with Gasteiger partial charge in [-0.15, -0.1) is 0 Å². The zero-order valence-electron chi connectivity index (χ0n) is 5.93. The van der Waals surface area contributed by atoms with Crippen LogP contribution in [0.4, 0.5) is 0 Å². The van der Waals surface area contributed by atoms with Gasteiger partial charge in [0, 0.05) is 6.54 Å². The standard InChI is InChI=1S/C6H16N2O/c1-2-8-4-3-6(9)5-7/h6,8-9H,2-5,7H2,1H3. The van der Waals surface area contributed by atoms with Crippen LogP contribution in [0.15, 0.2) is 0 Å². The molecule has 0 amide bonds. The largest absolute Gasteiger partial charge is 0.392 e. The number of aliphatic hydroxyl groups is 1. The highest BCUT2D eigenvalue weighted by molar-refractivity contribution is 4.56. The molecule has 0 rings (SSSR count). The Kier molecular flexibility index (Phi) is 5.93. The summed E-state index contributed by atoms with van der Waals surface area (Å²) in [6, 6.07) is 0. The molecule has 0 aromatic rings. The molecule has 0 bridgehead atoms. The SMILES string of the molecule is CCNCCC(O)CN. The highest BCUT2D eigenvalue weighted by Crippen LogP contribution is 1.84. The quantitative estimate of drug-likeness (QED) is 0.434. The number of nitrogens with two attached hydrogens (primary N) is 1. The Morgan fingerprint density at radius 1 is 1.67 bits per heavy atom. The molecule has 0 aromatic carbocycles. The number of hydrogen-bond acceptors (Lipinski definition) is 3. The Bertz CT molecular complexity index is 59.0. The molecule has 1 atom stereocenters. The van der Waals surface area contributed by atoms with Crippen LogP contribution in [0.1, 0.15) is 13.3 Å². The molecular formula is C6H16N2O. The minimum Gasteiger partial charge on any atom is -0.392 e. The Morgan fingerprint density at radius 2 is 2.33 bits per heavy atom. The predicted molar refractivity (Wildman–Crippen MR) is 38.2 cm³/mol. The summed E-state index contributed by atoms with van der Waals surface area (Å²) in [5.41, 5.74) is 5.18. The molecule has 0 saturated heterocycles. The molecule has 0 aliphatic heterocycles. The van der Waals surface area contributed by atoms with E-state index >= 15 is 0 Å². The predicted octanol–water partition coefficient (Wildman–Crippen LogP) is -0.694. The van der Waals surface area contributed by atoms with Crippen molar-refractivity contribution in [3.8, 4) is 0 Å². The first kappa shape index (κ1) is 8.88. The molecule has 0 aliphatic rings. The van der Waals surface area contributed by atoms with Gasteiger partial charge in [0.25, 0.3) is 0 Å². The van der Waals surface area contributed by atoms with Gasteiger partial charge in [-0.25, -0.2) is 0 Å². The van der Waals surface area contributed by atoms with Crippen molar-refractivity contribution in [2.75, 3.05) is 19.6 Å². The maximum Gasteiger partial charge on any atom is 0.0674 e. The molecule has 0 heterocycles. The van der Waals surface area contributed by atoms with Crippen LogP contribution in [-0.2, 0) is 0 Å². The normalized spacial score (nSPS) is 13.7. The minimum absolute atomic E-state index is 0.330. The Labute approximate surface area is 56.2 Å². The Balaban J connectivity index is 2.88. The highest BCUT2D eigenvalue weighted by Gasteiger charge is 1.97. The van der Waals surface area contributed by atoms with Crippen LogP contribution in [0.25, 0.3) is 0 Å². The number of hydrogen-bond donors (Lipinski definition) is 3. The highest BCUT2D eigenvalue weighted by atomic mass is 16.3. The molecule has 1 unspecified atom stereocenters. The van der Waals surface area contributed by atoms with E-state index in [0.717, 1.165) is 19.5 Å². The van der Waals surface area contributed by atoms with Gasteiger partial charge in [0.15, 0.2) is 0 Å². The average molecular weight is 132 g/mol. The van der Waals surface area contributed by atoms with Crippen LogP contribution in [0.5, 0.6) is 0 Å². The summed E-state index contributed by atoms with van der Waals surface area (Å²) in [4.78, 5) is 0. The lowest BCUT2D eigenvalue weighted by atomic mass is 10.2. The summed E-state index contributed by atoms with van der Waals surface area (Å²) in [7, 11) is 0. The number of nitrogens with one attached hydrogen (secondary N) is 1. The van der Waals surface area contributed by atoms with E-state index in [9.17, 15) is 0 Å². The van der Waals surface area contributed by atoms with Gasteiger partial charge >= 0.3 is 0 Å². The van der Waals surface area contributed by atoms with Gasteiger partial charge in [0.2, 0.25) is 0 Å². The lowest BCUT2D eigenvalue weighted by Crippen LogP contribution is -2.25. The van der Waals surface area contributed by atoms with Crippen molar-refractivity contribution in [1.82, 2.24) is 5.32 Å². The van der Waals surface area contributed by atoms with E-state index in [4.69, 9.17) is 10.8 Å². The van der Waals surface area contributed by atoms with Crippen molar-refractivity contribution >= 4 is 0 Å². The number of aliphatic hydroxyl groups excluding tert-OH is 1. The van der Waals surface area contributed by atoms with E-state index in [1.54, 1.807) is 0 Å². The van der Waals surface area contributed by atoms with Crippen LogP contribution < -0.4 is 11.1 Å². The van der Waals surface area contributed by atoms with Crippen molar-refractivity contribution < 1.29 is 5.11 Å². The Hall–Kier alpha value is -0.120. The van der Waals surface area contributed by atoms with Gasteiger partial charge in [-0.2, -0.15) is 0 Å². The van der Waals surface area contributed by atoms with E-state index in [1.807, 2.05) is 6.92 Å². The zero-order valence-corrected chi connectivity index (χ0v) is 5.93. The van der Waals surface area contributed by atoms with Crippen LogP contribution >= 0.6 is 0 Å². The number of rotatable bonds is 5. The van der Waals surface area contributed by atoms with Gasteiger partial charge < -0.3 is 16.2 Å². The smallest absolute Gasteiger partial charge is 0.0674 e. The van der Waals surface area contributed by atoms with Crippen LogP contribution in [-0.4, -0.2) is 30.8 Å². The molecule has 0 radical (unpaired) electrons. The van der Waals surface area contributed by atoms with E-state index in [0.29, 0.717) is 6.54 Å². The molecule has 4 N–H and O–H groups in total. The average Bonchev–Trinajstić information content (AvgIpc) is 1.89. The monoisotopic (exact) mass is 132 g/mol. The van der Waals surface area contributed by atoms with E-state index < -0.39 is 0 Å². The van der Waals surface area contributed by atoms with Gasteiger partial charge in [0.05, 0.1) is 6.10 Å². The second kappa shape index (κ2) is 6.01. The van der Waals surface area contributed by atoms with Gasteiger partial charge in [-0.3, -0.25) is 0 Å². The topological polar surface area (TPSA) is 58.3 Å². The van der Waals surface area contributed by atoms with E-state index in [1.165, 1.54) is 0 Å². The first-order valence-electron chi connectivity index (χ1n) is 3.40. The van der Waals surface area contributed by atoms with Crippen molar-refractivity contribution in [2.45, 2.75) is 19.4 Å². The third-order valence-corrected chi connectivity index (χ3v) is 1.18. The second-order valence-corrected chi connectivity index (χ2v) is 2.03. The van der Waals surface area contributed by atoms with E-state index in [-0.39, 0.29) is 6.10 Å². The first-order chi connectivity index (χ1) is 4.31. The fourth-order valence-corrected chi connectivity index (χ4v) is 0.563. The van der Waals surface area contributed by atoms with Gasteiger partial charge in [-0.05, 0) is 19.5 Å². The fourth-order valence-electron chi connectivity index (χ4n) is 0.563. The Morgan fingerprint density at radius 3 is 2.78 bits per heavy atom. The first-order valence-corrected chi connectivity index (χ1v) is 3.40. The molecule has 56 valence electrons. The minimum atomic E-state index is -0.330. The maximum atomic E-state index is 8.92. The van der Waals surface area contributed by atoms with Crippen molar-refractivity contribution in [3.63, 3.8) is 0 Å². The third kappa shape index (κ3) is 5.76. The molecule has 3 nitrogen and oxygen atoms in total. The lowest BCUT2D eigenvalue weighted by Gasteiger charge is -2.06. The molecule has 3 heteroatoms. The van der Waals surface area contributed by atoms with Crippen LogP contribution in [0.2, 0.25) is 0 Å². The summed E-state index contributed by atoms with van der Waals surface area (Å²) >= 11 is 0. The molecule has 0 saturated carbocycles. The second-order valence-electron chi connectivity index (χ2n) is 2.03. The summed E-state index contributed by atoms with van der Waals surface area (Å²) in [5, 5.41) is 12.0. The van der Waals surface area contributed by atoms with Crippen molar-refractivity contribution in [3.05, 3.63) is 0 Å². The zero-order chi connectivity index (χ0) is 7.11. The summed E-state index contributed by atoms with van der Waals surface area (Å²) in [5.74, 6) is 0. The summed E-state index contributed by atoms with van der Waals surface area (Å²) in [6.45, 7) is 4.21. The summed E-state index contributed by atoms with van der Waals surface area (Å²) < 4.78 is 0. The summed E-state index contributed by atoms with van der Waals surface area (Å²) in [6.07, 6.45) is 0.425. The molecule has 0 spiro atoms. The van der Waals surface area contributed by atoms with Gasteiger partial charge in [-0.1, -0.05) is 6.92 Å². The van der Waals surface area contributed by atoms with Crippen molar-refractivity contribution in [1.29, 1.82) is 0 Å². The van der Waals surface area contributed by atoms with Gasteiger partial charge in [0.1, 0.15) is 0 Å². The molecule has 0 aliphatic carbocycles. The fraction of sp³-hybridized carbons (Fsp3) is 1.00. The lowest BCUT2D eigenvalue weighted by molar-refractivity contribution is 0.172. The molecule has 0 aromatic heterocycles. The van der Waals surface area contributed by atoms with Crippen LogP contribution in [0, 0.1) is 0 Å². The van der Waals surface area contributed by atoms with Crippen LogP contribution in [0.3, 0.4) is 0 Å². The molecule has 9 heavy (non-hydrogen) atoms.